The third kappa shape index (κ3) is 6.09. The Balaban J connectivity index is 1.90. The number of nitrogens with one attached hydrogen (secondary N) is 1. The normalized spacial score (nSPS) is 18.0. The van der Waals surface area contributed by atoms with Crippen molar-refractivity contribution in [2.24, 2.45) is 5.92 Å². The second kappa shape index (κ2) is 8.78. The van der Waals surface area contributed by atoms with Crippen LogP contribution in [-0.4, -0.2) is 52.1 Å². The predicted octanol–water partition coefficient (Wildman–Crippen LogP) is 2.01. The predicted molar refractivity (Wildman–Crippen MR) is 97.8 cm³/mol. The number of hydrogen-bond acceptors (Lipinski definition) is 5. The molecule has 1 aromatic carbocycles. The van der Waals surface area contributed by atoms with Crippen molar-refractivity contribution in [3.05, 3.63) is 35.4 Å². The lowest BCUT2D eigenvalue weighted by atomic mass is 9.98. The van der Waals surface area contributed by atoms with E-state index in [9.17, 15) is 13.2 Å². The number of sulfonamides is 1. The van der Waals surface area contributed by atoms with Crippen LogP contribution in [0.3, 0.4) is 0 Å². The largest absolute Gasteiger partial charge is 0.465 e. The zero-order valence-corrected chi connectivity index (χ0v) is 16.0. The van der Waals surface area contributed by atoms with Crippen molar-refractivity contribution in [1.29, 1.82) is 0 Å². The number of carbonyl (C=O) groups is 1. The maximum absolute atomic E-state index is 12.3. The van der Waals surface area contributed by atoms with Gasteiger partial charge in [-0.15, -0.1) is 0 Å². The molecule has 0 saturated carbocycles. The standard InChI is InChI=1S/C18H28N2O4S/c1-14-7-9-20(10-8-14)15(2)12-19-25(22,23)13-16-5-4-6-17(11-16)18(21)24-3/h4-6,11,14-15,19H,7-10,12-13H2,1-3H3. The molecular formula is C18H28N2O4S. The minimum absolute atomic E-state index is 0.151. The van der Waals surface area contributed by atoms with E-state index >= 15 is 0 Å². The van der Waals surface area contributed by atoms with E-state index in [1.165, 1.54) is 7.11 Å². The van der Waals surface area contributed by atoms with Crippen molar-refractivity contribution < 1.29 is 17.9 Å². The maximum atomic E-state index is 12.3. The summed E-state index contributed by atoms with van der Waals surface area (Å²) in [5.74, 6) is 0.129. The number of ether oxygens (including phenoxy) is 1. The molecule has 1 saturated heterocycles. The van der Waals surface area contributed by atoms with E-state index in [-0.39, 0.29) is 11.8 Å². The van der Waals surface area contributed by atoms with Gasteiger partial charge in [-0.05, 0) is 56.5 Å². The van der Waals surface area contributed by atoms with Gasteiger partial charge in [0.2, 0.25) is 10.0 Å². The molecule has 25 heavy (non-hydrogen) atoms. The van der Waals surface area contributed by atoms with E-state index in [1.54, 1.807) is 24.3 Å². The number of hydrogen-bond donors (Lipinski definition) is 1. The number of likely N-dealkylation sites (tertiary alicyclic amines) is 1. The van der Waals surface area contributed by atoms with Gasteiger partial charge in [0.25, 0.3) is 0 Å². The number of benzene rings is 1. The topological polar surface area (TPSA) is 75.7 Å². The molecule has 1 aliphatic rings. The summed E-state index contributed by atoms with van der Waals surface area (Å²) in [6, 6.07) is 6.69. The molecule has 0 aromatic heterocycles. The van der Waals surface area contributed by atoms with E-state index in [2.05, 4.69) is 28.2 Å². The summed E-state index contributed by atoms with van der Waals surface area (Å²) in [4.78, 5) is 13.9. The Kier molecular flexibility index (Phi) is 6.98. The molecule has 140 valence electrons. The van der Waals surface area contributed by atoms with Crippen molar-refractivity contribution in [2.75, 3.05) is 26.7 Å². The van der Waals surface area contributed by atoms with Crippen LogP contribution in [0, 0.1) is 5.92 Å². The third-order valence-electron chi connectivity index (χ3n) is 4.74. The highest BCUT2D eigenvalue weighted by Gasteiger charge is 2.22. The van der Waals surface area contributed by atoms with Crippen LogP contribution in [0.1, 0.15) is 42.6 Å². The lowest BCUT2D eigenvalue weighted by Crippen LogP contribution is -2.45. The Morgan fingerprint density at radius 3 is 2.68 bits per heavy atom. The van der Waals surface area contributed by atoms with Crippen LogP contribution in [0.25, 0.3) is 0 Å². The van der Waals surface area contributed by atoms with Crippen LogP contribution >= 0.6 is 0 Å². The molecule has 1 fully saturated rings. The molecule has 1 heterocycles. The van der Waals surface area contributed by atoms with Gasteiger partial charge in [0.05, 0.1) is 18.4 Å². The summed E-state index contributed by atoms with van der Waals surface area (Å²) >= 11 is 0. The van der Waals surface area contributed by atoms with Gasteiger partial charge in [-0.25, -0.2) is 17.9 Å². The second-order valence-electron chi connectivity index (χ2n) is 6.87. The first-order valence-corrected chi connectivity index (χ1v) is 10.3. The fourth-order valence-corrected chi connectivity index (χ4v) is 4.24. The first-order valence-electron chi connectivity index (χ1n) is 8.69. The van der Waals surface area contributed by atoms with Crippen LogP contribution in [0.5, 0.6) is 0 Å². The molecule has 0 radical (unpaired) electrons. The second-order valence-corrected chi connectivity index (χ2v) is 8.67. The lowest BCUT2D eigenvalue weighted by molar-refractivity contribution is 0.0600. The van der Waals surface area contributed by atoms with Gasteiger partial charge in [0.15, 0.2) is 0 Å². The highest BCUT2D eigenvalue weighted by atomic mass is 32.2. The Morgan fingerprint density at radius 2 is 2.04 bits per heavy atom. The summed E-state index contributed by atoms with van der Waals surface area (Å²) in [6.45, 7) is 6.74. The number of piperidine rings is 1. The van der Waals surface area contributed by atoms with Gasteiger partial charge in [-0.2, -0.15) is 0 Å². The highest BCUT2D eigenvalue weighted by Crippen LogP contribution is 2.18. The summed E-state index contributed by atoms with van der Waals surface area (Å²) in [6.07, 6.45) is 2.33. The molecule has 0 amide bonds. The molecule has 1 aromatic rings. The van der Waals surface area contributed by atoms with Gasteiger partial charge in [0, 0.05) is 12.6 Å². The zero-order valence-electron chi connectivity index (χ0n) is 15.2. The van der Waals surface area contributed by atoms with Crippen molar-refractivity contribution in [3.63, 3.8) is 0 Å². The van der Waals surface area contributed by atoms with Crippen molar-refractivity contribution in [3.8, 4) is 0 Å². The van der Waals surface area contributed by atoms with E-state index < -0.39 is 16.0 Å². The average molecular weight is 368 g/mol. The van der Waals surface area contributed by atoms with Gasteiger partial charge in [-0.1, -0.05) is 19.1 Å². The Morgan fingerprint density at radius 1 is 1.36 bits per heavy atom. The fraction of sp³-hybridized carbons (Fsp3) is 0.611. The monoisotopic (exact) mass is 368 g/mol. The molecular weight excluding hydrogens is 340 g/mol. The molecule has 1 N–H and O–H groups in total. The number of esters is 1. The van der Waals surface area contributed by atoms with E-state index in [1.807, 2.05) is 0 Å². The maximum Gasteiger partial charge on any atom is 0.337 e. The van der Waals surface area contributed by atoms with Crippen molar-refractivity contribution >= 4 is 16.0 Å². The Labute approximate surface area is 150 Å². The van der Waals surface area contributed by atoms with Gasteiger partial charge >= 0.3 is 5.97 Å². The van der Waals surface area contributed by atoms with Gasteiger partial charge < -0.3 is 4.74 Å². The SMILES string of the molecule is COC(=O)c1cccc(CS(=O)(=O)NCC(C)N2CCC(C)CC2)c1. The van der Waals surface area contributed by atoms with E-state index in [4.69, 9.17) is 0 Å². The number of rotatable bonds is 7. The van der Waals surface area contributed by atoms with Crippen LogP contribution in [0.15, 0.2) is 24.3 Å². The zero-order chi connectivity index (χ0) is 18.4. The highest BCUT2D eigenvalue weighted by molar-refractivity contribution is 7.88. The summed E-state index contributed by atoms with van der Waals surface area (Å²) in [5.41, 5.74) is 0.917. The van der Waals surface area contributed by atoms with Crippen molar-refractivity contribution in [1.82, 2.24) is 9.62 Å². The first kappa shape index (κ1) is 19.9. The number of nitrogens with zero attached hydrogens (tertiary/aromatic N) is 1. The van der Waals surface area contributed by atoms with Crippen LogP contribution in [0.2, 0.25) is 0 Å². The molecule has 6 nitrogen and oxygen atoms in total. The molecule has 0 aliphatic carbocycles. The summed E-state index contributed by atoms with van der Waals surface area (Å²) in [5, 5.41) is 0. The summed E-state index contributed by atoms with van der Waals surface area (Å²) in [7, 11) is -2.16. The lowest BCUT2D eigenvalue weighted by Gasteiger charge is -2.34. The Hall–Kier alpha value is -1.44. The first-order chi connectivity index (χ1) is 11.8. The fourth-order valence-electron chi connectivity index (χ4n) is 3.02. The Bertz CT molecular complexity index is 682. The quantitative estimate of drug-likeness (QED) is 0.745. The van der Waals surface area contributed by atoms with Crippen LogP contribution in [0.4, 0.5) is 0 Å². The van der Waals surface area contributed by atoms with Crippen LogP contribution in [-0.2, 0) is 20.5 Å². The molecule has 0 spiro atoms. The van der Waals surface area contributed by atoms with Gasteiger partial charge in [-0.3, -0.25) is 4.90 Å². The molecule has 1 unspecified atom stereocenters. The number of carbonyl (C=O) groups excluding carboxylic acids is 1. The molecule has 1 atom stereocenters. The average Bonchev–Trinajstić information content (AvgIpc) is 2.59. The van der Waals surface area contributed by atoms with Crippen molar-refractivity contribution in [2.45, 2.75) is 38.5 Å². The smallest absolute Gasteiger partial charge is 0.337 e. The summed E-state index contributed by atoms with van der Waals surface area (Å²) < 4.78 is 32.0. The van der Waals surface area contributed by atoms with E-state index in [0.717, 1.165) is 31.8 Å². The molecule has 1 aliphatic heterocycles. The molecule has 7 heteroatoms. The molecule has 0 bridgehead atoms. The molecule has 2 rings (SSSR count). The minimum Gasteiger partial charge on any atom is -0.465 e. The van der Waals surface area contributed by atoms with E-state index in [0.29, 0.717) is 17.7 Å². The number of methoxy groups -OCH3 is 1. The van der Waals surface area contributed by atoms with Crippen LogP contribution < -0.4 is 4.72 Å². The third-order valence-corrected chi connectivity index (χ3v) is 6.06. The minimum atomic E-state index is -3.46. The van der Waals surface area contributed by atoms with Gasteiger partial charge in [0.1, 0.15) is 0 Å².